The second-order valence-corrected chi connectivity index (χ2v) is 4.94. The first-order valence-corrected chi connectivity index (χ1v) is 6.36. The minimum absolute atomic E-state index is 0.0159. The maximum absolute atomic E-state index is 11.2. The molecule has 0 radical (unpaired) electrons. The highest BCUT2D eigenvalue weighted by Crippen LogP contribution is 2.18. The van der Waals surface area contributed by atoms with Crippen LogP contribution in [-0.2, 0) is 4.79 Å². The number of nitrogens with zero attached hydrogens (tertiary/aromatic N) is 1. The maximum atomic E-state index is 11.2. The number of piperidine rings is 1. The van der Waals surface area contributed by atoms with Gasteiger partial charge in [-0.05, 0) is 46.7 Å². The van der Waals surface area contributed by atoms with Crippen molar-refractivity contribution in [1.82, 2.24) is 10.6 Å². The van der Waals surface area contributed by atoms with Crippen molar-refractivity contribution in [2.75, 3.05) is 13.1 Å². The number of nitrogens with one attached hydrogen (secondary N) is 2. The normalized spacial score (nSPS) is 19.8. The Kier molecular flexibility index (Phi) is 5.28. The third kappa shape index (κ3) is 4.45. The molecule has 100 valence electrons. The number of Topliss-reactive ketones (excluding diaryl/α,β-unsaturated/α-hetero) is 1. The fourth-order valence-electron chi connectivity index (χ4n) is 2.00. The number of rotatable bonds is 5. The largest absolute Gasteiger partial charge is 0.365 e. The summed E-state index contributed by atoms with van der Waals surface area (Å²) in [5.74, 6) is 0.627. The fourth-order valence-corrected chi connectivity index (χ4v) is 2.00. The summed E-state index contributed by atoms with van der Waals surface area (Å²) in [5, 5.41) is 6.67. The molecule has 0 aromatic heterocycles. The summed E-state index contributed by atoms with van der Waals surface area (Å²) < 4.78 is 0. The Hall–Kier alpha value is -1.42. The van der Waals surface area contributed by atoms with Crippen molar-refractivity contribution in [3.05, 3.63) is 24.0 Å². The highest BCUT2D eigenvalue weighted by atomic mass is 16.1. The quantitative estimate of drug-likeness (QED) is 0.577. The van der Waals surface area contributed by atoms with E-state index in [2.05, 4.69) is 29.1 Å². The molecule has 18 heavy (non-hydrogen) atoms. The van der Waals surface area contributed by atoms with Gasteiger partial charge in [0.05, 0.1) is 0 Å². The number of hydrogen-bond donors (Lipinski definition) is 2. The van der Waals surface area contributed by atoms with Gasteiger partial charge in [0.1, 0.15) is 5.82 Å². The molecular weight excluding hydrogens is 226 g/mol. The van der Waals surface area contributed by atoms with Crippen LogP contribution in [0.1, 0.15) is 33.6 Å². The summed E-state index contributed by atoms with van der Waals surface area (Å²) in [6, 6.07) is 0. The van der Waals surface area contributed by atoms with Gasteiger partial charge >= 0.3 is 0 Å². The first-order chi connectivity index (χ1) is 8.47. The van der Waals surface area contributed by atoms with Gasteiger partial charge in [0, 0.05) is 17.3 Å². The lowest BCUT2D eigenvalue weighted by Gasteiger charge is -2.35. The average molecular weight is 249 g/mol. The Morgan fingerprint density at radius 2 is 2.06 bits per heavy atom. The molecule has 0 saturated carbocycles. The van der Waals surface area contributed by atoms with Gasteiger partial charge < -0.3 is 10.6 Å². The summed E-state index contributed by atoms with van der Waals surface area (Å²) in [5.41, 5.74) is 0.653. The lowest BCUT2D eigenvalue weighted by molar-refractivity contribution is -0.113. The first kappa shape index (κ1) is 14.6. The zero-order valence-corrected chi connectivity index (χ0v) is 11.5. The van der Waals surface area contributed by atoms with Gasteiger partial charge in [0.25, 0.3) is 0 Å². The zero-order chi connectivity index (χ0) is 13.6. The van der Waals surface area contributed by atoms with Crippen molar-refractivity contribution in [2.24, 2.45) is 4.99 Å². The highest BCUT2D eigenvalue weighted by molar-refractivity contribution is 6.12. The molecule has 4 nitrogen and oxygen atoms in total. The fraction of sp³-hybridized carbons (Fsp3) is 0.571. The van der Waals surface area contributed by atoms with E-state index in [0.717, 1.165) is 25.9 Å². The number of hydrogen-bond acceptors (Lipinski definition) is 4. The van der Waals surface area contributed by atoms with Crippen LogP contribution < -0.4 is 10.6 Å². The average Bonchev–Trinajstić information content (AvgIpc) is 2.29. The Morgan fingerprint density at radius 1 is 1.44 bits per heavy atom. The predicted molar refractivity (Wildman–Crippen MR) is 75.7 cm³/mol. The molecule has 0 atom stereocenters. The molecule has 0 aliphatic carbocycles. The summed E-state index contributed by atoms with van der Waals surface area (Å²) in [6.45, 7) is 11.4. The van der Waals surface area contributed by atoms with Gasteiger partial charge in [0.15, 0.2) is 5.78 Å². The van der Waals surface area contributed by atoms with Crippen molar-refractivity contribution in [3.8, 4) is 0 Å². The Morgan fingerprint density at radius 3 is 2.56 bits per heavy atom. The molecule has 1 aliphatic heterocycles. The molecule has 0 aromatic carbocycles. The third-order valence-corrected chi connectivity index (χ3v) is 3.23. The first-order valence-electron chi connectivity index (χ1n) is 6.36. The van der Waals surface area contributed by atoms with Crippen LogP contribution in [0.25, 0.3) is 0 Å². The van der Waals surface area contributed by atoms with E-state index in [1.165, 1.54) is 6.92 Å². The number of aliphatic imine (C=N–C) groups is 1. The molecule has 1 fully saturated rings. The van der Waals surface area contributed by atoms with E-state index in [0.29, 0.717) is 11.4 Å². The number of allylic oxidation sites excluding steroid dienone is 2. The van der Waals surface area contributed by atoms with Crippen LogP contribution in [0, 0.1) is 0 Å². The minimum Gasteiger partial charge on any atom is -0.365 e. The monoisotopic (exact) mass is 249 g/mol. The van der Waals surface area contributed by atoms with Crippen molar-refractivity contribution in [3.63, 3.8) is 0 Å². The third-order valence-electron chi connectivity index (χ3n) is 3.23. The number of carbonyl (C=O) groups excluding carboxylic acids is 1. The van der Waals surface area contributed by atoms with Gasteiger partial charge in [0.2, 0.25) is 0 Å². The minimum atomic E-state index is 0.0159. The molecule has 1 rings (SSSR count). The van der Waals surface area contributed by atoms with Crippen LogP contribution >= 0.6 is 0 Å². The van der Waals surface area contributed by atoms with E-state index in [-0.39, 0.29) is 11.3 Å². The van der Waals surface area contributed by atoms with Crippen molar-refractivity contribution >= 4 is 12.0 Å². The summed E-state index contributed by atoms with van der Waals surface area (Å²) in [4.78, 5) is 15.4. The molecule has 0 amide bonds. The van der Waals surface area contributed by atoms with Crippen LogP contribution in [0.4, 0.5) is 0 Å². The predicted octanol–water partition coefficient (Wildman–Crippen LogP) is 1.80. The molecular formula is C14H23N3O. The van der Waals surface area contributed by atoms with Gasteiger partial charge in [-0.2, -0.15) is 0 Å². The summed E-state index contributed by atoms with van der Waals surface area (Å²) in [7, 11) is 0. The van der Waals surface area contributed by atoms with Crippen LogP contribution in [0.2, 0.25) is 0 Å². The van der Waals surface area contributed by atoms with Crippen LogP contribution in [0.3, 0.4) is 0 Å². The van der Waals surface area contributed by atoms with Crippen LogP contribution in [0.5, 0.6) is 0 Å². The molecule has 1 heterocycles. The SMILES string of the molecule is C=C(N=C/C(=C\C)C(C)=O)NC1(C)CCNCC1. The number of carbonyl (C=O) groups is 1. The van der Waals surface area contributed by atoms with Crippen LogP contribution in [-0.4, -0.2) is 30.6 Å². The Labute approximate surface area is 109 Å². The van der Waals surface area contributed by atoms with Gasteiger partial charge in [-0.1, -0.05) is 12.7 Å². The molecule has 1 saturated heterocycles. The van der Waals surface area contributed by atoms with Crippen molar-refractivity contribution in [2.45, 2.75) is 39.2 Å². The molecule has 0 bridgehead atoms. The summed E-state index contributed by atoms with van der Waals surface area (Å²) in [6.07, 6.45) is 5.42. The topological polar surface area (TPSA) is 53.5 Å². The van der Waals surface area contributed by atoms with E-state index >= 15 is 0 Å². The lowest BCUT2D eigenvalue weighted by atomic mass is 9.91. The smallest absolute Gasteiger partial charge is 0.161 e. The molecule has 0 spiro atoms. The molecule has 4 heteroatoms. The van der Waals surface area contributed by atoms with Gasteiger partial charge in [-0.15, -0.1) is 0 Å². The standard InChI is InChI=1S/C14H23N3O/c1-5-13(11(2)18)10-16-12(3)17-14(4)6-8-15-9-7-14/h5,10,15,17H,3,6-9H2,1-2,4H3/b13-5+,16-10?. The van der Waals surface area contributed by atoms with E-state index < -0.39 is 0 Å². The zero-order valence-electron chi connectivity index (χ0n) is 11.5. The van der Waals surface area contributed by atoms with Gasteiger partial charge in [-0.25, -0.2) is 4.99 Å². The van der Waals surface area contributed by atoms with E-state index in [1.807, 2.05) is 6.92 Å². The Balaban J connectivity index is 2.55. The lowest BCUT2D eigenvalue weighted by Crippen LogP contribution is -2.49. The van der Waals surface area contributed by atoms with Crippen molar-refractivity contribution in [1.29, 1.82) is 0 Å². The molecule has 0 aromatic rings. The van der Waals surface area contributed by atoms with E-state index in [4.69, 9.17) is 0 Å². The molecule has 0 unspecified atom stereocenters. The van der Waals surface area contributed by atoms with Crippen LogP contribution in [0.15, 0.2) is 29.0 Å². The van der Waals surface area contributed by atoms with E-state index in [9.17, 15) is 4.79 Å². The highest BCUT2D eigenvalue weighted by Gasteiger charge is 2.26. The van der Waals surface area contributed by atoms with Crippen molar-refractivity contribution < 1.29 is 4.79 Å². The number of ketones is 1. The summed E-state index contributed by atoms with van der Waals surface area (Å²) >= 11 is 0. The second-order valence-electron chi connectivity index (χ2n) is 4.94. The molecule has 2 N–H and O–H groups in total. The second kappa shape index (κ2) is 6.50. The maximum Gasteiger partial charge on any atom is 0.161 e. The molecule has 1 aliphatic rings. The van der Waals surface area contributed by atoms with E-state index in [1.54, 1.807) is 12.3 Å². The Bertz CT molecular complexity index is 377. The van der Waals surface area contributed by atoms with Gasteiger partial charge in [-0.3, -0.25) is 4.79 Å².